The van der Waals surface area contributed by atoms with E-state index in [9.17, 15) is 13.2 Å². The largest absolute Gasteiger partial charge is 0.271 e. The van der Waals surface area contributed by atoms with E-state index in [1.54, 1.807) is 36.5 Å². The van der Waals surface area contributed by atoms with Gasteiger partial charge in [0.15, 0.2) is 0 Å². The molecule has 1 amide bonds. The summed E-state index contributed by atoms with van der Waals surface area (Å²) in [6.45, 7) is 5.22. The van der Waals surface area contributed by atoms with Crippen molar-refractivity contribution in [3.8, 4) is 0 Å². The number of nitrogens with zero attached hydrogens (tertiary/aromatic N) is 2. The predicted molar refractivity (Wildman–Crippen MR) is 149 cm³/mol. The smallest absolute Gasteiger partial charge is 0.264 e. The van der Waals surface area contributed by atoms with Crippen molar-refractivity contribution in [1.29, 1.82) is 0 Å². The summed E-state index contributed by atoms with van der Waals surface area (Å²) in [4.78, 5) is 13.1. The van der Waals surface area contributed by atoms with Crippen molar-refractivity contribution in [3.63, 3.8) is 0 Å². The van der Waals surface area contributed by atoms with Gasteiger partial charge in [0.2, 0.25) is 0 Å². The fraction of sp³-hybridized carbons (Fsp3) is 0.200. The molecule has 0 saturated carbocycles. The average Bonchev–Trinajstić information content (AvgIpc) is 3.30. The van der Waals surface area contributed by atoms with Gasteiger partial charge in [-0.15, -0.1) is 0 Å². The first kappa shape index (κ1) is 24.7. The minimum atomic E-state index is -3.99. The second kappa shape index (κ2) is 9.82. The number of aryl methyl sites for hydroxylation is 5. The van der Waals surface area contributed by atoms with Crippen molar-refractivity contribution in [1.82, 2.24) is 5.43 Å². The predicted octanol–water partition coefficient (Wildman–Crippen LogP) is 5.21. The number of carbonyl (C=O) groups is 1. The van der Waals surface area contributed by atoms with Crippen LogP contribution < -0.4 is 9.73 Å². The number of hydrazone groups is 1. The zero-order valence-corrected chi connectivity index (χ0v) is 22.0. The molecular weight excluding hydrogens is 482 g/mol. The maximum atomic E-state index is 13.7. The van der Waals surface area contributed by atoms with E-state index in [0.717, 1.165) is 44.8 Å². The lowest BCUT2D eigenvalue weighted by Gasteiger charge is -2.25. The molecule has 4 aromatic rings. The van der Waals surface area contributed by atoms with Gasteiger partial charge >= 0.3 is 0 Å². The van der Waals surface area contributed by atoms with E-state index < -0.39 is 22.5 Å². The molecule has 5 rings (SSSR count). The van der Waals surface area contributed by atoms with Gasteiger partial charge in [0.05, 0.1) is 16.8 Å². The van der Waals surface area contributed by atoms with E-state index in [0.29, 0.717) is 5.69 Å². The first-order chi connectivity index (χ1) is 17.7. The van der Waals surface area contributed by atoms with Crippen molar-refractivity contribution in [3.05, 3.63) is 106 Å². The lowest BCUT2D eigenvalue weighted by Crippen LogP contribution is -2.40. The molecular formula is C30H29N3O3S. The van der Waals surface area contributed by atoms with Crippen molar-refractivity contribution >= 4 is 38.6 Å². The molecule has 4 aromatic carbocycles. The highest BCUT2D eigenvalue weighted by Crippen LogP contribution is 2.32. The summed E-state index contributed by atoms with van der Waals surface area (Å²) in [5, 5.41) is 6.55. The van der Waals surface area contributed by atoms with Crippen molar-refractivity contribution in [2.45, 2.75) is 38.5 Å². The van der Waals surface area contributed by atoms with Gasteiger partial charge in [0.1, 0.15) is 6.54 Å². The summed E-state index contributed by atoms with van der Waals surface area (Å²) in [7, 11) is -3.99. The van der Waals surface area contributed by atoms with E-state index >= 15 is 0 Å². The minimum absolute atomic E-state index is 0.128. The molecule has 1 aliphatic carbocycles. The summed E-state index contributed by atoms with van der Waals surface area (Å²) < 4.78 is 28.5. The quantitative estimate of drug-likeness (QED) is 0.273. The number of anilines is 1. The summed E-state index contributed by atoms with van der Waals surface area (Å²) in [6, 6.07) is 22.5. The van der Waals surface area contributed by atoms with Gasteiger partial charge in [-0.05, 0) is 84.8 Å². The number of benzene rings is 4. The second-order valence-electron chi connectivity index (χ2n) is 9.56. The molecule has 0 heterocycles. The van der Waals surface area contributed by atoms with Gasteiger partial charge in [0, 0.05) is 5.56 Å². The summed E-state index contributed by atoms with van der Waals surface area (Å²) in [5.41, 5.74) is 9.17. The van der Waals surface area contributed by atoms with E-state index in [2.05, 4.69) is 28.7 Å². The van der Waals surface area contributed by atoms with Gasteiger partial charge in [-0.1, -0.05) is 60.2 Å². The highest BCUT2D eigenvalue weighted by molar-refractivity contribution is 7.92. The third-order valence-corrected chi connectivity index (χ3v) is 8.61. The van der Waals surface area contributed by atoms with E-state index in [1.165, 1.54) is 16.5 Å². The maximum absolute atomic E-state index is 13.7. The molecule has 0 atom stereocenters. The van der Waals surface area contributed by atoms with Crippen molar-refractivity contribution in [2.75, 3.05) is 10.8 Å². The van der Waals surface area contributed by atoms with Crippen LogP contribution in [0.4, 0.5) is 5.69 Å². The Kier molecular flexibility index (Phi) is 6.56. The number of hydrogen-bond acceptors (Lipinski definition) is 4. The van der Waals surface area contributed by atoms with Crippen LogP contribution in [0.3, 0.4) is 0 Å². The number of sulfonamides is 1. The molecule has 0 fully saturated rings. The first-order valence-corrected chi connectivity index (χ1v) is 13.7. The third kappa shape index (κ3) is 4.87. The normalized spacial score (nSPS) is 12.8. The second-order valence-corrected chi connectivity index (χ2v) is 11.4. The fourth-order valence-corrected chi connectivity index (χ4v) is 6.32. The highest BCUT2D eigenvalue weighted by Gasteiger charge is 2.28. The fourth-order valence-electron chi connectivity index (χ4n) is 4.85. The maximum Gasteiger partial charge on any atom is 0.264 e. The molecule has 0 unspecified atom stereocenters. The van der Waals surface area contributed by atoms with Crippen LogP contribution in [0.15, 0.2) is 82.8 Å². The minimum Gasteiger partial charge on any atom is -0.271 e. The summed E-state index contributed by atoms with van der Waals surface area (Å²) in [6.07, 6.45) is 3.69. The van der Waals surface area contributed by atoms with E-state index in [-0.39, 0.29) is 4.90 Å². The number of hydrogen-bond donors (Lipinski definition) is 1. The Bertz CT molecular complexity index is 1630. The average molecular weight is 512 g/mol. The van der Waals surface area contributed by atoms with Gasteiger partial charge in [-0.25, -0.2) is 13.8 Å². The van der Waals surface area contributed by atoms with Gasteiger partial charge in [-0.3, -0.25) is 9.10 Å². The number of nitrogens with one attached hydrogen (secondary N) is 1. The zero-order chi connectivity index (χ0) is 26.2. The summed E-state index contributed by atoms with van der Waals surface area (Å²) >= 11 is 0. The van der Waals surface area contributed by atoms with Crippen molar-refractivity contribution in [2.24, 2.45) is 5.10 Å². The SMILES string of the molecule is Cc1ccc(S(=O)(=O)N(CC(=O)N/N=C\c2ccc3c4c(cccc24)CC3)c2cc(C)ccc2C)cc1. The Morgan fingerprint density at radius 1 is 0.919 bits per heavy atom. The molecule has 1 aliphatic rings. The topological polar surface area (TPSA) is 78.8 Å². The Labute approximate surface area is 217 Å². The molecule has 0 saturated heterocycles. The molecule has 188 valence electrons. The molecule has 1 N–H and O–H groups in total. The standard InChI is InChI=1S/C30H29N3O3S/c1-20-8-15-26(16-9-20)37(35,36)33(28-17-21(2)7-10-22(28)3)19-29(34)32-31-18-25-14-13-24-12-11-23-5-4-6-27(25)30(23)24/h4-10,13-18H,11-12,19H2,1-3H3,(H,32,34)/b31-18-. The molecule has 0 spiro atoms. The Morgan fingerprint density at radius 2 is 1.62 bits per heavy atom. The molecule has 0 aromatic heterocycles. The van der Waals surface area contributed by atoms with Crippen LogP contribution in [-0.4, -0.2) is 27.1 Å². The first-order valence-electron chi connectivity index (χ1n) is 12.3. The monoisotopic (exact) mass is 511 g/mol. The van der Waals surface area contributed by atoms with Gasteiger partial charge in [0.25, 0.3) is 15.9 Å². The number of carbonyl (C=O) groups excluding carboxylic acids is 1. The Hall–Kier alpha value is -3.97. The molecule has 0 aliphatic heterocycles. The molecule has 37 heavy (non-hydrogen) atoms. The Morgan fingerprint density at radius 3 is 2.38 bits per heavy atom. The molecule has 6 nitrogen and oxygen atoms in total. The highest BCUT2D eigenvalue weighted by atomic mass is 32.2. The van der Waals surface area contributed by atoms with Crippen LogP contribution in [0.1, 0.15) is 33.4 Å². The van der Waals surface area contributed by atoms with E-state index in [4.69, 9.17) is 0 Å². The lowest BCUT2D eigenvalue weighted by molar-refractivity contribution is -0.119. The summed E-state index contributed by atoms with van der Waals surface area (Å²) in [5.74, 6) is -0.529. The molecule has 0 bridgehead atoms. The lowest BCUT2D eigenvalue weighted by atomic mass is 10.0. The van der Waals surface area contributed by atoms with Crippen LogP contribution in [0.5, 0.6) is 0 Å². The van der Waals surface area contributed by atoms with Crippen LogP contribution in [-0.2, 0) is 27.7 Å². The van der Waals surface area contributed by atoms with Crippen LogP contribution in [0.2, 0.25) is 0 Å². The zero-order valence-electron chi connectivity index (χ0n) is 21.2. The molecule has 7 heteroatoms. The number of amides is 1. The van der Waals surface area contributed by atoms with Gasteiger partial charge in [-0.2, -0.15) is 5.10 Å². The van der Waals surface area contributed by atoms with Gasteiger partial charge < -0.3 is 0 Å². The van der Waals surface area contributed by atoms with Crippen molar-refractivity contribution < 1.29 is 13.2 Å². The Balaban J connectivity index is 1.42. The number of rotatable bonds is 7. The molecule has 0 radical (unpaired) electrons. The van der Waals surface area contributed by atoms with Crippen LogP contribution in [0.25, 0.3) is 10.8 Å². The van der Waals surface area contributed by atoms with Crippen LogP contribution >= 0.6 is 0 Å². The van der Waals surface area contributed by atoms with Crippen LogP contribution in [0, 0.1) is 20.8 Å². The third-order valence-electron chi connectivity index (χ3n) is 6.83. The van der Waals surface area contributed by atoms with E-state index in [1.807, 2.05) is 45.0 Å².